The number of tetrazole rings is 1. The van der Waals surface area contributed by atoms with Gasteiger partial charge in [-0.2, -0.15) is 0 Å². The number of nitrogens with one attached hydrogen (secondary N) is 1. The molecular weight excluding hydrogens is 432 g/mol. The van der Waals surface area contributed by atoms with Gasteiger partial charge < -0.3 is 14.5 Å². The monoisotopic (exact) mass is 468 g/mol. The fourth-order valence-corrected chi connectivity index (χ4v) is 4.75. The lowest BCUT2D eigenvalue weighted by Crippen LogP contribution is -2.41. The summed E-state index contributed by atoms with van der Waals surface area (Å²) in [7, 11) is 1.62. The van der Waals surface area contributed by atoms with Gasteiger partial charge in [-0.05, 0) is 73.5 Å². The molecule has 2 atom stereocenters. The van der Waals surface area contributed by atoms with E-state index < -0.39 is 0 Å². The minimum atomic E-state index is -0.263. The van der Waals surface area contributed by atoms with Gasteiger partial charge >= 0.3 is 0 Å². The summed E-state index contributed by atoms with van der Waals surface area (Å²) in [6, 6.07) is 7.62. The van der Waals surface area contributed by atoms with E-state index in [1.54, 1.807) is 7.11 Å². The molecule has 1 aromatic carbocycles. The van der Waals surface area contributed by atoms with Gasteiger partial charge in [0, 0.05) is 31.3 Å². The van der Waals surface area contributed by atoms with Crippen molar-refractivity contribution < 1.29 is 9.47 Å². The molecule has 1 N–H and O–H groups in total. The van der Waals surface area contributed by atoms with Crippen LogP contribution in [0.1, 0.15) is 64.9 Å². The van der Waals surface area contributed by atoms with Crippen molar-refractivity contribution in [3.63, 3.8) is 0 Å². The molecule has 0 amide bonds. The van der Waals surface area contributed by atoms with E-state index in [1.165, 1.54) is 0 Å². The van der Waals surface area contributed by atoms with Crippen LogP contribution in [0.3, 0.4) is 0 Å². The molecule has 0 aliphatic carbocycles. The second kappa shape index (κ2) is 9.84. The highest BCUT2D eigenvalue weighted by Crippen LogP contribution is 2.32. The van der Waals surface area contributed by atoms with Crippen molar-refractivity contribution in [3.8, 4) is 5.75 Å². The van der Waals surface area contributed by atoms with Gasteiger partial charge in [-0.15, -0.1) is 5.10 Å². The Hall–Kier alpha value is -2.78. The first kappa shape index (κ1) is 24.3. The highest BCUT2D eigenvalue weighted by atomic mass is 16.5. The summed E-state index contributed by atoms with van der Waals surface area (Å²) in [5.74, 6) is 1.74. The molecule has 0 saturated carbocycles. The van der Waals surface area contributed by atoms with Crippen molar-refractivity contribution in [1.82, 2.24) is 30.1 Å². The van der Waals surface area contributed by atoms with Crippen molar-refractivity contribution in [2.75, 3.05) is 20.3 Å². The average molecular weight is 469 g/mol. The Bertz CT molecular complexity index is 1170. The number of aromatic nitrogens is 5. The highest BCUT2D eigenvalue weighted by molar-refractivity contribution is 5.80. The molecule has 34 heavy (non-hydrogen) atoms. The minimum absolute atomic E-state index is 0.0793. The van der Waals surface area contributed by atoms with Gasteiger partial charge in [-0.1, -0.05) is 13.8 Å². The van der Waals surface area contributed by atoms with Crippen molar-refractivity contribution in [3.05, 3.63) is 46.0 Å². The zero-order valence-electron chi connectivity index (χ0n) is 21.0. The molecule has 4 rings (SSSR count). The van der Waals surface area contributed by atoms with E-state index in [4.69, 9.17) is 9.47 Å². The Kier molecular flexibility index (Phi) is 7.04. The summed E-state index contributed by atoms with van der Waals surface area (Å²) in [5, 5.41) is 13.7. The molecule has 0 unspecified atom stereocenters. The van der Waals surface area contributed by atoms with E-state index in [0.717, 1.165) is 36.2 Å². The number of aromatic amines is 1. The summed E-state index contributed by atoms with van der Waals surface area (Å²) in [6.45, 7) is 12.6. The summed E-state index contributed by atoms with van der Waals surface area (Å²) in [4.78, 5) is 18.5. The first-order valence-corrected chi connectivity index (χ1v) is 12.0. The smallest absolute Gasteiger partial charge is 0.252 e. The molecule has 1 fully saturated rings. The number of fused-ring (bicyclic) bond motifs is 1. The Morgan fingerprint density at radius 3 is 2.74 bits per heavy atom. The summed E-state index contributed by atoms with van der Waals surface area (Å²) in [6.07, 6.45) is 2.20. The molecule has 3 aromatic rings. The SMILES string of the molecule is COc1ccc2cc(CN(C[C@H]3CCCO3)[C@H](c3nnnn3C(C)(C)C)C(C)C)c(=O)[nH]c2c1. The van der Waals surface area contributed by atoms with Crippen molar-refractivity contribution in [2.24, 2.45) is 5.92 Å². The molecule has 0 spiro atoms. The van der Waals surface area contributed by atoms with Gasteiger partial charge in [0.15, 0.2) is 5.82 Å². The van der Waals surface area contributed by atoms with E-state index in [2.05, 4.69) is 60.0 Å². The average Bonchev–Trinajstić information content (AvgIpc) is 3.46. The maximum atomic E-state index is 13.1. The largest absolute Gasteiger partial charge is 0.497 e. The van der Waals surface area contributed by atoms with E-state index in [1.807, 2.05) is 28.9 Å². The second-order valence-corrected chi connectivity index (χ2v) is 10.4. The van der Waals surface area contributed by atoms with Crippen LogP contribution in [0, 0.1) is 5.92 Å². The molecular formula is C25H36N6O3. The van der Waals surface area contributed by atoms with Crippen LogP contribution in [-0.4, -0.2) is 56.5 Å². The number of benzene rings is 1. The van der Waals surface area contributed by atoms with Gasteiger partial charge in [0.2, 0.25) is 0 Å². The fraction of sp³-hybridized carbons (Fsp3) is 0.600. The molecule has 9 nitrogen and oxygen atoms in total. The van der Waals surface area contributed by atoms with Crippen LogP contribution < -0.4 is 10.3 Å². The molecule has 184 valence electrons. The van der Waals surface area contributed by atoms with Gasteiger partial charge in [0.25, 0.3) is 5.56 Å². The van der Waals surface area contributed by atoms with Crippen molar-refractivity contribution in [2.45, 2.75) is 71.7 Å². The number of hydrogen-bond acceptors (Lipinski definition) is 7. The molecule has 3 heterocycles. The molecule has 9 heteroatoms. The summed E-state index contributed by atoms with van der Waals surface area (Å²) < 4.78 is 13.2. The van der Waals surface area contributed by atoms with Crippen LogP contribution in [0.5, 0.6) is 5.75 Å². The number of nitrogens with zero attached hydrogens (tertiary/aromatic N) is 5. The topological polar surface area (TPSA) is 98.2 Å². The molecule has 1 aliphatic heterocycles. The van der Waals surface area contributed by atoms with Crippen LogP contribution in [0.4, 0.5) is 0 Å². The Morgan fingerprint density at radius 1 is 1.29 bits per heavy atom. The number of ether oxygens (including phenoxy) is 2. The molecule has 2 aromatic heterocycles. The molecule has 1 saturated heterocycles. The number of rotatable bonds is 8. The zero-order chi connectivity index (χ0) is 24.5. The van der Waals surface area contributed by atoms with E-state index >= 15 is 0 Å². The Labute approximate surface area is 200 Å². The standard InChI is InChI=1S/C25H36N6O3/c1-16(2)22(23-27-28-29-31(23)25(3,4)5)30(15-20-8-7-11-34-20)14-18-12-17-9-10-19(33-6)13-21(17)26-24(18)32/h9-10,12-13,16,20,22H,7-8,11,14-15H2,1-6H3,(H,26,32)/t20-,22+/m1/s1. The third kappa shape index (κ3) is 5.15. The predicted molar refractivity (Wildman–Crippen MR) is 131 cm³/mol. The van der Waals surface area contributed by atoms with E-state index in [0.29, 0.717) is 24.4 Å². The molecule has 0 radical (unpaired) electrons. The van der Waals surface area contributed by atoms with Crippen LogP contribution >= 0.6 is 0 Å². The lowest BCUT2D eigenvalue weighted by Gasteiger charge is -2.36. The third-order valence-corrected chi connectivity index (χ3v) is 6.38. The third-order valence-electron chi connectivity index (χ3n) is 6.38. The van der Waals surface area contributed by atoms with Crippen LogP contribution in [0.2, 0.25) is 0 Å². The lowest BCUT2D eigenvalue weighted by molar-refractivity contribution is 0.0371. The summed E-state index contributed by atoms with van der Waals surface area (Å²) >= 11 is 0. The minimum Gasteiger partial charge on any atom is -0.497 e. The lowest BCUT2D eigenvalue weighted by atomic mass is 9.98. The first-order valence-electron chi connectivity index (χ1n) is 12.0. The normalized spacial score (nSPS) is 17.7. The molecule has 1 aliphatic rings. The second-order valence-electron chi connectivity index (χ2n) is 10.4. The van der Waals surface area contributed by atoms with Gasteiger partial charge in [0.05, 0.1) is 30.3 Å². The highest BCUT2D eigenvalue weighted by Gasteiger charge is 2.34. The quantitative estimate of drug-likeness (QED) is 0.539. The fourth-order valence-electron chi connectivity index (χ4n) is 4.75. The van der Waals surface area contributed by atoms with E-state index in [-0.39, 0.29) is 29.2 Å². The van der Waals surface area contributed by atoms with E-state index in [9.17, 15) is 4.79 Å². The number of methoxy groups -OCH3 is 1. The molecule has 0 bridgehead atoms. The van der Waals surface area contributed by atoms with Crippen LogP contribution in [0.15, 0.2) is 29.1 Å². The maximum Gasteiger partial charge on any atom is 0.252 e. The van der Waals surface area contributed by atoms with Gasteiger partial charge in [-0.25, -0.2) is 4.68 Å². The van der Waals surface area contributed by atoms with Gasteiger partial charge in [0.1, 0.15) is 5.75 Å². The Balaban J connectivity index is 1.74. The van der Waals surface area contributed by atoms with Gasteiger partial charge in [-0.3, -0.25) is 9.69 Å². The van der Waals surface area contributed by atoms with Crippen molar-refractivity contribution >= 4 is 10.9 Å². The number of hydrogen-bond donors (Lipinski definition) is 1. The predicted octanol–water partition coefficient (Wildman–Crippen LogP) is 3.66. The van der Waals surface area contributed by atoms with Crippen LogP contribution in [-0.2, 0) is 16.8 Å². The maximum absolute atomic E-state index is 13.1. The number of pyridine rings is 1. The van der Waals surface area contributed by atoms with Crippen LogP contribution in [0.25, 0.3) is 10.9 Å². The first-order chi connectivity index (χ1) is 16.2. The Morgan fingerprint density at radius 2 is 2.09 bits per heavy atom. The number of H-pyrrole nitrogens is 1. The van der Waals surface area contributed by atoms with Crippen molar-refractivity contribution in [1.29, 1.82) is 0 Å². The summed E-state index contributed by atoms with van der Waals surface area (Å²) in [5.41, 5.74) is 1.10. The zero-order valence-corrected chi connectivity index (χ0v) is 21.0.